The average molecular weight is 491 g/mol. The van der Waals surface area contributed by atoms with Crippen molar-refractivity contribution < 1.29 is 23.1 Å². The molecule has 0 radical (unpaired) electrons. The first kappa shape index (κ1) is 26.3. The SMILES string of the molecule is CC(C)[Si](O[C@@H]1CC[C@H](c2cccc(F)c2F)[C@H](NC(=O)O)c2cccnc21)(C(C)C)C(C)C. The minimum atomic E-state index is -2.29. The lowest BCUT2D eigenvalue weighted by Crippen LogP contribution is -2.48. The number of nitrogens with zero attached hydrogens (tertiary/aromatic N) is 1. The quantitative estimate of drug-likeness (QED) is 0.312. The van der Waals surface area contributed by atoms with Gasteiger partial charge < -0.3 is 14.8 Å². The van der Waals surface area contributed by atoms with Crippen LogP contribution in [-0.2, 0) is 4.43 Å². The summed E-state index contributed by atoms with van der Waals surface area (Å²) in [4.78, 5) is 16.4. The van der Waals surface area contributed by atoms with Crippen molar-refractivity contribution in [2.45, 2.75) is 89.1 Å². The van der Waals surface area contributed by atoms with E-state index in [2.05, 4.69) is 51.8 Å². The normalized spacial score (nSPS) is 21.0. The number of benzene rings is 1. The number of fused-ring (bicyclic) bond motifs is 1. The summed E-state index contributed by atoms with van der Waals surface area (Å²) < 4.78 is 36.1. The van der Waals surface area contributed by atoms with Crippen LogP contribution >= 0.6 is 0 Å². The Kier molecular flexibility index (Phi) is 8.13. The van der Waals surface area contributed by atoms with Crippen LogP contribution in [0.3, 0.4) is 0 Å². The number of hydrogen-bond donors (Lipinski definition) is 2. The monoisotopic (exact) mass is 490 g/mol. The summed E-state index contributed by atoms with van der Waals surface area (Å²) in [6, 6.07) is 6.85. The Labute approximate surface area is 202 Å². The molecule has 1 heterocycles. The molecule has 34 heavy (non-hydrogen) atoms. The largest absolute Gasteiger partial charge is 0.465 e. The number of halogens is 2. The van der Waals surface area contributed by atoms with Crippen LogP contribution in [0.2, 0.25) is 16.6 Å². The van der Waals surface area contributed by atoms with Crippen LogP contribution in [0, 0.1) is 11.6 Å². The molecule has 0 fully saturated rings. The van der Waals surface area contributed by atoms with Gasteiger partial charge in [0.05, 0.1) is 17.8 Å². The Morgan fingerprint density at radius 1 is 1.03 bits per heavy atom. The topological polar surface area (TPSA) is 71.5 Å². The molecule has 1 aromatic heterocycles. The molecule has 0 saturated heterocycles. The van der Waals surface area contributed by atoms with Crippen molar-refractivity contribution in [3.8, 4) is 0 Å². The highest BCUT2D eigenvalue weighted by Crippen LogP contribution is 2.50. The van der Waals surface area contributed by atoms with Gasteiger partial charge in [-0.2, -0.15) is 0 Å². The van der Waals surface area contributed by atoms with Crippen molar-refractivity contribution in [2.24, 2.45) is 0 Å². The molecule has 0 saturated carbocycles. The zero-order valence-corrected chi connectivity index (χ0v) is 21.8. The van der Waals surface area contributed by atoms with Gasteiger partial charge in [0.2, 0.25) is 8.32 Å². The summed E-state index contributed by atoms with van der Waals surface area (Å²) in [5, 5.41) is 12.2. The maximum absolute atomic E-state index is 14.9. The van der Waals surface area contributed by atoms with Gasteiger partial charge in [0, 0.05) is 12.1 Å². The van der Waals surface area contributed by atoms with E-state index in [4.69, 9.17) is 4.43 Å². The number of carbonyl (C=O) groups is 1. The van der Waals surface area contributed by atoms with Gasteiger partial charge in [0.25, 0.3) is 0 Å². The first-order valence-corrected chi connectivity index (χ1v) is 14.2. The number of aromatic nitrogens is 1. The molecule has 2 N–H and O–H groups in total. The molecule has 5 nitrogen and oxygen atoms in total. The van der Waals surface area contributed by atoms with Crippen molar-refractivity contribution in [2.75, 3.05) is 0 Å². The summed E-state index contributed by atoms with van der Waals surface area (Å²) in [6.45, 7) is 13.3. The lowest BCUT2D eigenvalue weighted by atomic mass is 9.85. The molecule has 0 unspecified atom stereocenters. The number of pyridine rings is 1. The van der Waals surface area contributed by atoms with Gasteiger partial charge >= 0.3 is 6.09 Å². The van der Waals surface area contributed by atoms with Crippen molar-refractivity contribution in [3.63, 3.8) is 0 Å². The molecule has 1 aliphatic rings. The van der Waals surface area contributed by atoms with E-state index in [0.29, 0.717) is 40.7 Å². The summed E-state index contributed by atoms with van der Waals surface area (Å²) in [5.74, 6) is -2.48. The molecular weight excluding hydrogens is 454 g/mol. The van der Waals surface area contributed by atoms with Gasteiger partial charge in [-0.15, -0.1) is 0 Å². The first-order chi connectivity index (χ1) is 16.0. The van der Waals surface area contributed by atoms with E-state index >= 15 is 0 Å². The van der Waals surface area contributed by atoms with E-state index in [-0.39, 0.29) is 11.7 Å². The second kappa shape index (κ2) is 10.5. The predicted octanol–water partition coefficient (Wildman–Crippen LogP) is 7.48. The van der Waals surface area contributed by atoms with Crippen LogP contribution < -0.4 is 5.32 Å². The molecule has 186 valence electrons. The van der Waals surface area contributed by atoms with Crippen molar-refractivity contribution in [3.05, 3.63) is 65.0 Å². The molecule has 8 heteroatoms. The smallest absolute Gasteiger partial charge is 0.405 e. The third-order valence-electron chi connectivity index (χ3n) is 7.37. The molecule has 1 aromatic carbocycles. The summed E-state index contributed by atoms with van der Waals surface area (Å²) in [5.41, 5.74) is 2.56. The highest BCUT2D eigenvalue weighted by molar-refractivity contribution is 6.77. The standard InChI is InChI=1S/C26H36F2N2O3Si/c1-15(2)34(16(3)4,17(5)6)33-22-13-12-19(18-9-7-11-21(27)23(18)28)24(30-26(31)32)20-10-8-14-29-25(20)22/h7-11,14-17,19,22,24,30H,12-13H2,1-6H3,(H,31,32)/t19-,22-,24+/m1/s1. The zero-order chi connectivity index (χ0) is 25.2. The Morgan fingerprint density at radius 3 is 2.24 bits per heavy atom. The molecular formula is C26H36F2N2O3Si. The van der Waals surface area contributed by atoms with Crippen LogP contribution in [0.25, 0.3) is 0 Å². The fourth-order valence-electron chi connectivity index (χ4n) is 6.04. The second-order valence-electron chi connectivity index (χ2n) is 10.2. The van der Waals surface area contributed by atoms with Crippen molar-refractivity contribution in [1.82, 2.24) is 10.3 Å². The van der Waals surface area contributed by atoms with E-state index in [1.165, 1.54) is 12.1 Å². The van der Waals surface area contributed by atoms with Crippen LogP contribution in [0.15, 0.2) is 36.5 Å². The van der Waals surface area contributed by atoms with Gasteiger partial charge in [0.1, 0.15) is 0 Å². The maximum Gasteiger partial charge on any atom is 0.405 e. The van der Waals surface area contributed by atoms with Gasteiger partial charge in [-0.25, -0.2) is 13.6 Å². The number of nitrogens with one attached hydrogen (secondary N) is 1. The van der Waals surface area contributed by atoms with Crippen LogP contribution in [0.1, 0.15) is 89.3 Å². The van der Waals surface area contributed by atoms with E-state index in [1.54, 1.807) is 12.3 Å². The van der Waals surface area contributed by atoms with E-state index in [1.807, 2.05) is 6.07 Å². The van der Waals surface area contributed by atoms with Gasteiger partial charge in [-0.1, -0.05) is 59.7 Å². The molecule has 0 spiro atoms. The van der Waals surface area contributed by atoms with Gasteiger partial charge in [-0.3, -0.25) is 4.98 Å². The molecule has 0 bridgehead atoms. The first-order valence-electron chi connectivity index (χ1n) is 12.1. The highest BCUT2D eigenvalue weighted by atomic mass is 28.4. The Morgan fingerprint density at radius 2 is 1.65 bits per heavy atom. The fourth-order valence-corrected chi connectivity index (χ4v) is 11.6. The molecule has 1 amide bonds. The number of hydrogen-bond acceptors (Lipinski definition) is 3. The summed E-state index contributed by atoms with van der Waals surface area (Å²) in [7, 11) is -2.29. The van der Waals surface area contributed by atoms with E-state index in [0.717, 1.165) is 6.07 Å². The third-order valence-corrected chi connectivity index (χ3v) is 13.5. The Bertz CT molecular complexity index is 994. The Balaban J connectivity index is 2.15. The van der Waals surface area contributed by atoms with E-state index < -0.39 is 38.0 Å². The maximum atomic E-state index is 14.9. The molecule has 2 aromatic rings. The molecule has 3 atom stereocenters. The Hall–Kier alpha value is -2.32. The second-order valence-corrected chi connectivity index (χ2v) is 15.6. The average Bonchev–Trinajstić information content (AvgIpc) is 2.90. The number of rotatable bonds is 7. The minimum Gasteiger partial charge on any atom is -0.465 e. The lowest BCUT2D eigenvalue weighted by molar-refractivity contribution is 0.159. The van der Waals surface area contributed by atoms with Crippen molar-refractivity contribution >= 4 is 14.4 Å². The van der Waals surface area contributed by atoms with Crippen LogP contribution in [0.5, 0.6) is 0 Å². The zero-order valence-electron chi connectivity index (χ0n) is 20.8. The van der Waals surface area contributed by atoms with Crippen LogP contribution in [-0.4, -0.2) is 24.5 Å². The fraction of sp³-hybridized carbons (Fsp3) is 0.538. The van der Waals surface area contributed by atoms with Gasteiger partial charge in [0.15, 0.2) is 11.6 Å². The lowest BCUT2D eigenvalue weighted by Gasteiger charge is -2.44. The molecule has 1 aliphatic carbocycles. The minimum absolute atomic E-state index is 0.161. The molecule has 0 aliphatic heterocycles. The predicted molar refractivity (Wildman–Crippen MR) is 131 cm³/mol. The van der Waals surface area contributed by atoms with Gasteiger partial charge in [-0.05, 0) is 52.7 Å². The molecule has 3 rings (SSSR count). The number of amides is 1. The van der Waals surface area contributed by atoms with E-state index in [9.17, 15) is 18.7 Å². The summed E-state index contributed by atoms with van der Waals surface area (Å²) >= 11 is 0. The van der Waals surface area contributed by atoms with Crippen LogP contribution in [0.4, 0.5) is 13.6 Å². The summed E-state index contributed by atoms with van der Waals surface area (Å²) in [6.07, 6.45) is 1.06. The van der Waals surface area contributed by atoms with Crippen molar-refractivity contribution in [1.29, 1.82) is 0 Å². The highest BCUT2D eigenvalue weighted by Gasteiger charge is 2.48. The third kappa shape index (κ3) is 4.89. The number of carboxylic acid groups (broad SMARTS) is 1.